The molecule has 119 valence electrons. The van der Waals surface area contributed by atoms with Gasteiger partial charge in [-0.1, -0.05) is 105 Å². The first-order valence-electron chi connectivity index (χ1n) is 8.88. The average molecular weight is 295 g/mol. The lowest BCUT2D eigenvalue weighted by Gasteiger charge is -2.00. The highest BCUT2D eigenvalue weighted by Gasteiger charge is 1.91. The van der Waals surface area contributed by atoms with Gasteiger partial charge >= 0.3 is 0 Å². The summed E-state index contributed by atoms with van der Waals surface area (Å²) in [6, 6.07) is 0. The fourth-order valence-electron chi connectivity index (χ4n) is 2.38. The molecule has 22 heavy (non-hydrogen) atoms. The van der Waals surface area contributed by atoms with E-state index < -0.39 is 0 Å². The van der Waals surface area contributed by atoms with E-state index in [0.29, 0.717) is 0 Å². The molecule has 1 aliphatic carbocycles. The molecule has 0 aromatic heterocycles. The molecule has 0 bridgehead atoms. The number of rotatable bonds is 0. The van der Waals surface area contributed by atoms with Crippen LogP contribution in [0.2, 0.25) is 0 Å². The van der Waals surface area contributed by atoms with Gasteiger partial charge in [0.1, 0.15) is 0 Å². The summed E-state index contributed by atoms with van der Waals surface area (Å²) in [7, 11) is 0. The van der Waals surface area contributed by atoms with E-state index in [1.807, 2.05) is 30.4 Å². The van der Waals surface area contributed by atoms with Crippen molar-refractivity contribution in [3.05, 3.63) is 72.9 Å². The fraction of sp³-hybridized carbons (Fsp3) is 0.455. The van der Waals surface area contributed by atoms with Gasteiger partial charge in [0, 0.05) is 0 Å². The molecule has 0 heteroatoms. The van der Waals surface area contributed by atoms with E-state index in [0.717, 1.165) is 6.42 Å². The molecular weight excluding hydrogens is 264 g/mol. The molecule has 1 radical (unpaired) electrons. The van der Waals surface area contributed by atoms with Crippen LogP contribution in [0.5, 0.6) is 0 Å². The van der Waals surface area contributed by atoms with Crippen LogP contribution < -0.4 is 0 Å². The minimum absolute atomic E-state index is 1.09. The van der Waals surface area contributed by atoms with Crippen LogP contribution >= 0.6 is 0 Å². The first-order chi connectivity index (χ1) is 11.0. The first-order valence-corrected chi connectivity index (χ1v) is 8.88. The van der Waals surface area contributed by atoms with Crippen LogP contribution in [0.3, 0.4) is 0 Å². The molecule has 0 saturated heterocycles. The molecule has 0 N–H and O–H groups in total. The van der Waals surface area contributed by atoms with Gasteiger partial charge in [0.2, 0.25) is 0 Å². The molecule has 0 aromatic rings. The van der Waals surface area contributed by atoms with Crippen LogP contribution in [-0.4, -0.2) is 0 Å². The molecule has 1 rings (SSSR count). The number of allylic oxidation sites excluding steroid dienone is 12. The highest BCUT2D eigenvalue weighted by atomic mass is 14.0. The predicted octanol–water partition coefficient (Wildman–Crippen LogP) is 7.04. The van der Waals surface area contributed by atoms with Crippen LogP contribution in [0.4, 0.5) is 0 Å². The Bertz CT molecular complexity index is 362. The van der Waals surface area contributed by atoms with Crippen molar-refractivity contribution >= 4 is 0 Å². The smallest absolute Gasteiger partial charge is 0.0276 e. The lowest BCUT2D eigenvalue weighted by atomic mass is 10.1. The standard InChI is InChI=1S/C22H31/c1-2-4-6-8-10-12-14-16-18-20-22-21-19-17-15-13-11-9-7-5-3-1/h1-11H,12,14-22H2/b2-1+,5-3-,6-4+,9-7+,10-8+,13-11?. The van der Waals surface area contributed by atoms with Gasteiger partial charge in [-0.3, -0.25) is 0 Å². The Kier molecular flexibility index (Phi) is 13.3. The molecule has 0 amide bonds. The highest BCUT2D eigenvalue weighted by molar-refractivity contribution is 5.19. The van der Waals surface area contributed by atoms with Crippen molar-refractivity contribution in [2.45, 2.75) is 64.2 Å². The third-order valence-corrected chi connectivity index (χ3v) is 3.68. The van der Waals surface area contributed by atoms with Gasteiger partial charge in [-0.15, -0.1) is 0 Å². The largest absolute Gasteiger partial charge is 0.0845 e. The average Bonchev–Trinajstić information content (AvgIpc) is 2.53. The van der Waals surface area contributed by atoms with Crippen LogP contribution in [0.1, 0.15) is 64.2 Å². The van der Waals surface area contributed by atoms with Crippen LogP contribution in [-0.2, 0) is 0 Å². The van der Waals surface area contributed by atoms with Crippen molar-refractivity contribution < 1.29 is 0 Å². The quantitative estimate of drug-likeness (QED) is 0.449. The van der Waals surface area contributed by atoms with Crippen molar-refractivity contribution in [2.24, 2.45) is 0 Å². The molecular formula is C22H31. The summed E-state index contributed by atoms with van der Waals surface area (Å²) in [5.41, 5.74) is 0. The molecule has 0 aliphatic heterocycles. The minimum atomic E-state index is 1.09. The Balaban J connectivity index is 2.34. The zero-order valence-corrected chi connectivity index (χ0v) is 13.9. The van der Waals surface area contributed by atoms with Crippen molar-refractivity contribution in [1.29, 1.82) is 0 Å². The maximum Gasteiger partial charge on any atom is -0.0276 e. The van der Waals surface area contributed by atoms with Gasteiger partial charge in [-0.25, -0.2) is 0 Å². The molecule has 0 aromatic carbocycles. The maximum absolute atomic E-state index is 3.34. The molecule has 0 unspecified atom stereocenters. The zero-order valence-electron chi connectivity index (χ0n) is 13.9. The highest BCUT2D eigenvalue weighted by Crippen LogP contribution is 2.11. The topological polar surface area (TPSA) is 0 Å². The first kappa shape index (κ1) is 18.5. The molecule has 0 heterocycles. The van der Waals surface area contributed by atoms with E-state index in [-0.39, 0.29) is 0 Å². The van der Waals surface area contributed by atoms with Gasteiger partial charge in [0.05, 0.1) is 0 Å². The third kappa shape index (κ3) is 13.4. The van der Waals surface area contributed by atoms with Gasteiger partial charge < -0.3 is 0 Å². The summed E-state index contributed by atoms with van der Waals surface area (Å²) in [5, 5.41) is 0. The van der Waals surface area contributed by atoms with Gasteiger partial charge in [0.15, 0.2) is 0 Å². The normalized spacial score (nSPS) is 28.4. The molecule has 0 nitrogen and oxygen atoms in total. The lowest BCUT2D eigenvalue weighted by Crippen LogP contribution is -1.81. The summed E-state index contributed by atoms with van der Waals surface area (Å²) < 4.78 is 0. The van der Waals surface area contributed by atoms with Gasteiger partial charge in [-0.2, -0.15) is 0 Å². The van der Waals surface area contributed by atoms with Crippen molar-refractivity contribution in [1.82, 2.24) is 0 Å². The minimum Gasteiger partial charge on any atom is -0.0845 e. The Hall–Kier alpha value is -1.56. The summed E-state index contributed by atoms with van der Waals surface area (Å²) in [6.45, 7) is 0. The SMILES string of the molecule is [C]1=C/C=C/C=C\C=C\C=C\C=C\CCCCCCCCCC/1. The van der Waals surface area contributed by atoms with Crippen molar-refractivity contribution in [3.8, 4) is 0 Å². The van der Waals surface area contributed by atoms with Crippen molar-refractivity contribution in [3.63, 3.8) is 0 Å². The van der Waals surface area contributed by atoms with E-state index in [1.54, 1.807) is 0 Å². The van der Waals surface area contributed by atoms with E-state index in [9.17, 15) is 0 Å². The molecule has 0 spiro atoms. The monoisotopic (exact) mass is 295 g/mol. The summed E-state index contributed by atoms with van der Waals surface area (Å²) in [5.74, 6) is 0. The number of hydrogen-bond donors (Lipinski definition) is 0. The molecule has 0 saturated carbocycles. The van der Waals surface area contributed by atoms with Crippen LogP contribution in [0.15, 0.2) is 66.8 Å². The Morgan fingerprint density at radius 3 is 1.64 bits per heavy atom. The fourth-order valence-corrected chi connectivity index (χ4v) is 2.38. The van der Waals surface area contributed by atoms with Crippen molar-refractivity contribution in [2.75, 3.05) is 0 Å². The summed E-state index contributed by atoms with van der Waals surface area (Å²) in [4.78, 5) is 0. The second-order valence-electron chi connectivity index (χ2n) is 5.71. The Morgan fingerprint density at radius 2 is 0.955 bits per heavy atom. The van der Waals surface area contributed by atoms with Gasteiger partial charge in [0.25, 0.3) is 0 Å². The number of hydrogen-bond acceptors (Lipinski definition) is 0. The predicted molar refractivity (Wildman–Crippen MR) is 99.7 cm³/mol. The van der Waals surface area contributed by atoms with Gasteiger partial charge in [-0.05, 0) is 31.8 Å². The zero-order chi connectivity index (χ0) is 15.6. The van der Waals surface area contributed by atoms with E-state index in [1.165, 1.54) is 57.8 Å². The second kappa shape index (κ2) is 15.8. The Labute approximate surface area is 137 Å². The molecule has 0 fully saturated rings. The second-order valence-corrected chi connectivity index (χ2v) is 5.71. The molecule has 0 atom stereocenters. The third-order valence-electron chi connectivity index (χ3n) is 3.68. The van der Waals surface area contributed by atoms with E-state index >= 15 is 0 Å². The molecule has 1 aliphatic rings. The van der Waals surface area contributed by atoms with Crippen LogP contribution in [0, 0.1) is 6.08 Å². The Morgan fingerprint density at radius 1 is 0.455 bits per heavy atom. The summed E-state index contributed by atoms with van der Waals surface area (Å²) in [6.07, 6.45) is 39.5. The van der Waals surface area contributed by atoms with E-state index in [2.05, 4.69) is 42.5 Å². The van der Waals surface area contributed by atoms with Crippen LogP contribution in [0.25, 0.3) is 0 Å². The maximum atomic E-state index is 3.34. The van der Waals surface area contributed by atoms with E-state index in [4.69, 9.17) is 0 Å². The summed E-state index contributed by atoms with van der Waals surface area (Å²) >= 11 is 0. The lowest BCUT2D eigenvalue weighted by molar-refractivity contribution is 0.570.